The topological polar surface area (TPSA) is 46.9 Å². The van der Waals surface area contributed by atoms with E-state index in [1.807, 2.05) is 18.5 Å². The Morgan fingerprint density at radius 2 is 1.96 bits per heavy atom. The van der Waals surface area contributed by atoms with Gasteiger partial charge in [-0.15, -0.1) is 0 Å². The molecule has 1 aromatic heterocycles. The minimum absolute atomic E-state index is 0.197. The van der Waals surface area contributed by atoms with E-state index in [1.54, 1.807) is 0 Å². The lowest BCUT2D eigenvalue weighted by molar-refractivity contribution is -0.122. The van der Waals surface area contributed by atoms with Crippen molar-refractivity contribution in [1.29, 1.82) is 0 Å². The first kappa shape index (κ1) is 16.7. The van der Waals surface area contributed by atoms with Crippen LogP contribution in [0, 0.1) is 5.92 Å². The van der Waals surface area contributed by atoms with Crippen LogP contribution in [0.4, 0.5) is 0 Å². The van der Waals surface area contributed by atoms with Crippen LogP contribution in [0.3, 0.4) is 0 Å². The van der Waals surface area contributed by atoms with Crippen LogP contribution in [0.1, 0.15) is 49.9 Å². The van der Waals surface area contributed by atoms with E-state index in [9.17, 15) is 4.79 Å². The highest BCUT2D eigenvalue weighted by atomic mass is 16.1. The zero-order chi connectivity index (χ0) is 16.6. The lowest BCUT2D eigenvalue weighted by Crippen LogP contribution is -2.28. The van der Waals surface area contributed by atoms with Crippen LogP contribution < -0.4 is 5.32 Å². The Morgan fingerprint density at radius 1 is 1.17 bits per heavy atom. The van der Waals surface area contributed by atoms with E-state index in [0.717, 1.165) is 18.8 Å². The number of carbonyl (C=O) groups excluding carboxylic acids is 1. The highest BCUT2D eigenvalue weighted by Crippen LogP contribution is 2.25. The Morgan fingerprint density at radius 3 is 2.75 bits per heavy atom. The number of benzene rings is 1. The van der Waals surface area contributed by atoms with Crippen molar-refractivity contribution in [3.05, 3.63) is 54.1 Å². The lowest BCUT2D eigenvalue weighted by Gasteiger charge is -2.20. The van der Waals surface area contributed by atoms with Gasteiger partial charge in [0.1, 0.15) is 5.82 Å². The molecule has 0 saturated heterocycles. The molecule has 128 valence electrons. The Balaban J connectivity index is 1.43. The molecule has 1 heterocycles. The molecule has 2 aromatic rings. The fourth-order valence-electron chi connectivity index (χ4n) is 3.53. The molecule has 0 aliphatic heterocycles. The van der Waals surface area contributed by atoms with E-state index < -0.39 is 0 Å². The van der Waals surface area contributed by atoms with Crippen molar-refractivity contribution in [2.75, 3.05) is 6.54 Å². The molecule has 1 aromatic carbocycles. The Kier molecular flexibility index (Phi) is 6.05. The van der Waals surface area contributed by atoms with Crippen LogP contribution in [0.5, 0.6) is 0 Å². The van der Waals surface area contributed by atoms with Crippen LogP contribution in [-0.4, -0.2) is 22.0 Å². The quantitative estimate of drug-likeness (QED) is 0.846. The van der Waals surface area contributed by atoms with E-state index in [4.69, 9.17) is 0 Å². The summed E-state index contributed by atoms with van der Waals surface area (Å²) in [6.07, 6.45) is 11.7. The number of hydrogen-bond acceptors (Lipinski definition) is 2. The minimum atomic E-state index is 0.197. The first-order chi connectivity index (χ1) is 11.8. The third-order valence-electron chi connectivity index (χ3n) is 4.87. The molecule has 24 heavy (non-hydrogen) atoms. The van der Waals surface area contributed by atoms with Gasteiger partial charge in [0.05, 0.1) is 0 Å². The molecule has 1 amide bonds. The van der Waals surface area contributed by atoms with Gasteiger partial charge in [-0.2, -0.15) is 0 Å². The maximum Gasteiger partial charge on any atom is 0.220 e. The molecule has 0 spiro atoms. The average Bonchev–Trinajstić information content (AvgIpc) is 3.04. The predicted molar refractivity (Wildman–Crippen MR) is 95.7 cm³/mol. The molecular formula is C20H27N3O. The molecule has 1 fully saturated rings. The van der Waals surface area contributed by atoms with Gasteiger partial charge in [0.25, 0.3) is 0 Å². The fraction of sp³-hybridized carbons (Fsp3) is 0.500. The van der Waals surface area contributed by atoms with Gasteiger partial charge < -0.3 is 9.88 Å². The van der Waals surface area contributed by atoms with Gasteiger partial charge in [-0.3, -0.25) is 4.79 Å². The summed E-state index contributed by atoms with van der Waals surface area (Å²) in [6.45, 7) is 1.49. The number of carbonyl (C=O) groups is 1. The van der Waals surface area contributed by atoms with Crippen LogP contribution in [0.2, 0.25) is 0 Å². The molecular weight excluding hydrogens is 298 g/mol. The molecule has 0 bridgehead atoms. The summed E-state index contributed by atoms with van der Waals surface area (Å²) in [6, 6.07) is 10.4. The second kappa shape index (κ2) is 8.67. The molecule has 1 saturated carbocycles. The second-order valence-electron chi connectivity index (χ2n) is 6.77. The third-order valence-corrected chi connectivity index (χ3v) is 4.87. The SMILES string of the molecule is O=C(CC1CCCCC1)NCCc1nccn1Cc1ccccc1. The van der Waals surface area contributed by atoms with E-state index in [0.29, 0.717) is 18.9 Å². The van der Waals surface area contributed by atoms with Gasteiger partial charge in [0.2, 0.25) is 5.91 Å². The first-order valence-electron chi connectivity index (χ1n) is 9.12. The number of amides is 1. The summed E-state index contributed by atoms with van der Waals surface area (Å²) >= 11 is 0. The summed E-state index contributed by atoms with van der Waals surface area (Å²) in [5, 5.41) is 3.07. The zero-order valence-corrected chi connectivity index (χ0v) is 14.3. The smallest absolute Gasteiger partial charge is 0.220 e. The van der Waals surface area contributed by atoms with Gasteiger partial charge >= 0.3 is 0 Å². The largest absolute Gasteiger partial charge is 0.356 e. The monoisotopic (exact) mass is 325 g/mol. The second-order valence-corrected chi connectivity index (χ2v) is 6.77. The summed E-state index contributed by atoms with van der Waals surface area (Å²) in [4.78, 5) is 16.5. The number of aromatic nitrogens is 2. The van der Waals surface area contributed by atoms with E-state index >= 15 is 0 Å². The number of nitrogens with one attached hydrogen (secondary N) is 1. The first-order valence-corrected chi connectivity index (χ1v) is 9.12. The maximum atomic E-state index is 12.1. The third kappa shape index (κ3) is 4.95. The fourth-order valence-corrected chi connectivity index (χ4v) is 3.53. The molecule has 1 aliphatic rings. The molecule has 0 radical (unpaired) electrons. The number of imidazole rings is 1. The van der Waals surface area contributed by atoms with Crippen molar-refractivity contribution in [1.82, 2.24) is 14.9 Å². The maximum absolute atomic E-state index is 12.1. The summed E-state index contributed by atoms with van der Waals surface area (Å²) in [5.41, 5.74) is 1.26. The van der Waals surface area contributed by atoms with Crippen LogP contribution >= 0.6 is 0 Å². The Labute approximate surface area is 144 Å². The van der Waals surface area contributed by atoms with E-state index in [2.05, 4.69) is 39.1 Å². The Bertz CT molecular complexity index is 629. The van der Waals surface area contributed by atoms with E-state index in [-0.39, 0.29) is 5.91 Å². The zero-order valence-electron chi connectivity index (χ0n) is 14.3. The molecule has 3 rings (SSSR count). The highest BCUT2D eigenvalue weighted by molar-refractivity contribution is 5.76. The van der Waals surface area contributed by atoms with Gasteiger partial charge in [0, 0.05) is 38.3 Å². The van der Waals surface area contributed by atoms with Gasteiger partial charge in [0.15, 0.2) is 0 Å². The summed E-state index contributed by atoms with van der Waals surface area (Å²) < 4.78 is 2.16. The van der Waals surface area contributed by atoms with E-state index in [1.165, 1.54) is 37.7 Å². The van der Waals surface area contributed by atoms with Crippen molar-refractivity contribution in [2.45, 2.75) is 51.5 Å². The van der Waals surface area contributed by atoms with Gasteiger partial charge in [-0.05, 0) is 24.3 Å². The standard InChI is InChI=1S/C20H27N3O/c24-20(15-17-7-3-1-4-8-17)22-12-11-19-21-13-14-23(19)16-18-9-5-2-6-10-18/h2,5-6,9-10,13-14,17H,1,3-4,7-8,11-12,15-16H2,(H,22,24). The molecule has 1 N–H and O–H groups in total. The van der Waals surface area contributed by atoms with Crippen LogP contribution in [0.15, 0.2) is 42.7 Å². The van der Waals surface area contributed by atoms with Crippen molar-refractivity contribution in [3.8, 4) is 0 Å². The summed E-state index contributed by atoms with van der Waals surface area (Å²) in [7, 11) is 0. The van der Waals surface area contributed by atoms with Crippen molar-refractivity contribution in [3.63, 3.8) is 0 Å². The molecule has 0 unspecified atom stereocenters. The number of nitrogens with zero attached hydrogens (tertiary/aromatic N) is 2. The van der Waals surface area contributed by atoms with Crippen molar-refractivity contribution < 1.29 is 4.79 Å². The lowest BCUT2D eigenvalue weighted by atomic mass is 9.87. The van der Waals surface area contributed by atoms with Crippen molar-refractivity contribution in [2.24, 2.45) is 5.92 Å². The highest BCUT2D eigenvalue weighted by Gasteiger charge is 2.16. The Hall–Kier alpha value is -2.10. The number of hydrogen-bond donors (Lipinski definition) is 1. The predicted octanol–water partition coefficient (Wildman–Crippen LogP) is 3.56. The van der Waals surface area contributed by atoms with Gasteiger partial charge in [-0.25, -0.2) is 4.98 Å². The van der Waals surface area contributed by atoms with Gasteiger partial charge in [-0.1, -0.05) is 49.6 Å². The molecule has 4 nitrogen and oxygen atoms in total. The molecule has 0 atom stereocenters. The average molecular weight is 325 g/mol. The van der Waals surface area contributed by atoms with Crippen LogP contribution in [0.25, 0.3) is 0 Å². The minimum Gasteiger partial charge on any atom is -0.356 e. The summed E-state index contributed by atoms with van der Waals surface area (Å²) in [5.74, 6) is 1.82. The molecule has 1 aliphatic carbocycles. The van der Waals surface area contributed by atoms with Crippen LogP contribution in [-0.2, 0) is 17.8 Å². The normalized spacial score (nSPS) is 15.3. The number of rotatable bonds is 7. The van der Waals surface area contributed by atoms with Crippen molar-refractivity contribution >= 4 is 5.91 Å². The molecule has 4 heteroatoms.